The monoisotopic (exact) mass is 552 g/mol. The third-order valence-corrected chi connectivity index (χ3v) is 6.04. The molecule has 0 aliphatic carbocycles. The van der Waals surface area contributed by atoms with Crippen LogP contribution in [0.5, 0.6) is 11.5 Å². The van der Waals surface area contributed by atoms with Crippen molar-refractivity contribution in [1.29, 1.82) is 0 Å². The third kappa shape index (κ3) is 9.29. The molecule has 2 aromatic rings. The molecular weight excluding hydrogens is 508 g/mol. The minimum absolute atomic E-state index is 0.138. The zero-order chi connectivity index (χ0) is 30.1. The van der Waals surface area contributed by atoms with Crippen molar-refractivity contribution in [2.45, 2.75) is 79.1 Å². The summed E-state index contributed by atoms with van der Waals surface area (Å²) < 4.78 is 0. The number of amides is 4. The van der Waals surface area contributed by atoms with Crippen molar-refractivity contribution in [3.63, 3.8) is 0 Å². The number of urea groups is 2. The van der Waals surface area contributed by atoms with Gasteiger partial charge in [0, 0.05) is 24.2 Å². The number of hydrogen-bond acceptors (Lipinski definition) is 6. The summed E-state index contributed by atoms with van der Waals surface area (Å²) in [4.78, 5) is 24.5. The first-order valence-corrected chi connectivity index (χ1v) is 13.6. The van der Waals surface area contributed by atoms with Gasteiger partial charge in [0.15, 0.2) is 0 Å². The standard InChI is InChI=1S/C30H44N6O4/c1-9-11-31-27(39)35-23-15-21(29(3,4)5)13-19(25(23)37)17-33-34-18-20-14-22(30(6,7)8)16-24(26(20)38)36-28(40)32-12-10-2/h13-18,37-38H,9-12H2,1-8H3,(H2,31,35,39)(H2,32,36,40)/b33-17+,34-18+. The molecule has 218 valence electrons. The summed E-state index contributed by atoms with van der Waals surface area (Å²) in [5.41, 5.74) is 2.52. The largest absolute Gasteiger partial charge is 0.505 e. The molecule has 0 heterocycles. The summed E-state index contributed by atoms with van der Waals surface area (Å²) in [6, 6.07) is 6.24. The van der Waals surface area contributed by atoms with Gasteiger partial charge >= 0.3 is 12.1 Å². The summed E-state index contributed by atoms with van der Waals surface area (Å²) >= 11 is 0. The van der Waals surface area contributed by atoms with E-state index in [1.165, 1.54) is 12.4 Å². The Hall–Kier alpha value is -4.08. The van der Waals surface area contributed by atoms with Crippen molar-refractivity contribution < 1.29 is 19.8 Å². The Balaban J connectivity index is 2.42. The Morgan fingerprint density at radius 1 is 0.700 bits per heavy atom. The number of phenols is 2. The van der Waals surface area contributed by atoms with Crippen LogP contribution in [0.15, 0.2) is 34.5 Å². The number of benzene rings is 2. The molecule has 0 aromatic heterocycles. The number of phenolic OH excluding ortho intramolecular Hbond substituents is 2. The van der Waals surface area contributed by atoms with Gasteiger partial charge in [0.05, 0.1) is 23.8 Å². The van der Waals surface area contributed by atoms with E-state index in [0.29, 0.717) is 24.2 Å². The van der Waals surface area contributed by atoms with Crippen molar-refractivity contribution in [3.05, 3.63) is 46.5 Å². The topological polar surface area (TPSA) is 147 Å². The molecule has 2 aromatic carbocycles. The lowest BCUT2D eigenvalue weighted by molar-refractivity contribution is 0.251. The SMILES string of the molecule is CCCNC(=O)Nc1cc(C(C)(C)C)cc(/C=N/N=C/c2cc(C(C)(C)C)cc(NC(=O)NCCC)c2O)c1O. The summed E-state index contributed by atoms with van der Waals surface area (Å²) in [7, 11) is 0. The highest BCUT2D eigenvalue weighted by molar-refractivity contribution is 5.96. The van der Waals surface area contributed by atoms with E-state index in [2.05, 4.69) is 31.5 Å². The van der Waals surface area contributed by atoms with Crippen molar-refractivity contribution in [2.24, 2.45) is 10.2 Å². The van der Waals surface area contributed by atoms with Crippen molar-refractivity contribution in [1.82, 2.24) is 10.6 Å². The first kappa shape index (κ1) is 32.1. The average Bonchev–Trinajstić information content (AvgIpc) is 2.86. The fourth-order valence-electron chi connectivity index (χ4n) is 3.57. The van der Waals surface area contributed by atoms with Gasteiger partial charge < -0.3 is 31.5 Å². The molecule has 0 radical (unpaired) electrons. The molecule has 0 aliphatic rings. The van der Waals surface area contributed by atoms with E-state index in [-0.39, 0.29) is 33.7 Å². The van der Waals surface area contributed by atoms with Crippen LogP contribution in [0, 0.1) is 0 Å². The minimum atomic E-state index is -0.411. The molecule has 0 atom stereocenters. The maximum absolute atomic E-state index is 12.2. The number of carbonyl (C=O) groups excluding carboxylic acids is 2. The summed E-state index contributed by atoms with van der Waals surface area (Å²) in [6.45, 7) is 17.1. The molecule has 0 saturated heterocycles. The van der Waals surface area contributed by atoms with E-state index in [1.807, 2.05) is 55.4 Å². The van der Waals surface area contributed by atoms with Gasteiger partial charge in [-0.05, 0) is 59.1 Å². The lowest BCUT2D eigenvalue weighted by Gasteiger charge is -2.22. The maximum Gasteiger partial charge on any atom is 0.319 e. The Bertz CT molecular complexity index is 1160. The Morgan fingerprint density at radius 2 is 1.05 bits per heavy atom. The molecule has 0 aliphatic heterocycles. The van der Waals surface area contributed by atoms with Crippen LogP contribution in [0.2, 0.25) is 0 Å². The van der Waals surface area contributed by atoms with E-state index >= 15 is 0 Å². The molecule has 0 saturated carbocycles. The number of aromatic hydroxyl groups is 2. The molecule has 0 bridgehead atoms. The van der Waals surface area contributed by atoms with Gasteiger partial charge in [-0.25, -0.2) is 9.59 Å². The summed E-state index contributed by atoms with van der Waals surface area (Å²) in [6.07, 6.45) is 4.35. The van der Waals surface area contributed by atoms with Gasteiger partial charge in [-0.3, -0.25) is 0 Å². The van der Waals surface area contributed by atoms with E-state index in [1.54, 1.807) is 24.3 Å². The van der Waals surface area contributed by atoms with Crippen LogP contribution in [0.25, 0.3) is 0 Å². The molecular formula is C30H44N6O4. The Kier molecular flexibility index (Phi) is 11.1. The average molecular weight is 553 g/mol. The normalized spacial score (nSPS) is 12.1. The molecule has 6 N–H and O–H groups in total. The molecule has 10 nitrogen and oxygen atoms in total. The lowest BCUT2D eigenvalue weighted by atomic mass is 9.85. The van der Waals surface area contributed by atoms with Crippen LogP contribution in [-0.2, 0) is 10.8 Å². The van der Waals surface area contributed by atoms with Gasteiger partial charge in [0.2, 0.25) is 0 Å². The number of hydrogen-bond donors (Lipinski definition) is 6. The van der Waals surface area contributed by atoms with Gasteiger partial charge in [-0.15, -0.1) is 0 Å². The van der Waals surface area contributed by atoms with E-state index in [9.17, 15) is 19.8 Å². The highest BCUT2D eigenvalue weighted by Crippen LogP contribution is 2.35. The van der Waals surface area contributed by atoms with Crippen LogP contribution in [0.3, 0.4) is 0 Å². The van der Waals surface area contributed by atoms with Gasteiger partial charge in [0.1, 0.15) is 11.5 Å². The summed E-state index contributed by atoms with van der Waals surface area (Å²) in [5, 5.41) is 40.8. The fraction of sp³-hybridized carbons (Fsp3) is 0.467. The number of carbonyl (C=O) groups is 2. The molecule has 0 spiro atoms. The minimum Gasteiger partial charge on any atom is -0.505 e. The predicted octanol–water partition coefficient (Wildman–Crippen LogP) is 6.21. The first-order valence-electron chi connectivity index (χ1n) is 13.6. The zero-order valence-electron chi connectivity index (χ0n) is 24.9. The van der Waals surface area contributed by atoms with Crippen molar-refractivity contribution in [3.8, 4) is 11.5 Å². The third-order valence-electron chi connectivity index (χ3n) is 6.04. The zero-order valence-corrected chi connectivity index (χ0v) is 24.9. The fourth-order valence-corrected chi connectivity index (χ4v) is 3.57. The van der Waals surface area contributed by atoms with Crippen LogP contribution in [0.1, 0.15) is 90.5 Å². The van der Waals surface area contributed by atoms with Crippen LogP contribution >= 0.6 is 0 Å². The molecule has 10 heteroatoms. The maximum atomic E-state index is 12.2. The van der Waals surface area contributed by atoms with Crippen molar-refractivity contribution >= 4 is 35.9 Å². The summed E-state index contributed by atoms with van der Waals surface area (Å²) in [5.74, 6) is -0.276. The van der Waals surface area contributed by atoms with E-state index in [0.717, 1.165) is 24.0 Å². The van der Waals surface area contributed by atoms with Gasteiger partial charge in [0.25, 0.3) is 0 Å². The second kappa shape index (κ2) is 13.8. The van der Waals surface area contributed by atoms with Crippen LogP contribution in [-0.4, -0.2) is 47.8 Å². The molecule has 0 unspecified atom stereocenters. The Morgan fingerprint density at radius 3 is 1.35 bits per heavy atom. The quantitative estimate of drug-likeness (QED) is 0.125. The molecule has 0 fully saturated rings. The number of nitrogens with zero attached hydrogens (tertiary/aromatic N) is 2. The first-order chi connectivity index (χ1) is 18.7. The van der Waals surface area contributed by atoms with E-state index < -0.39 is 12.1 Å². The van der Waals surface area contributed by atoms with E-state index in [4.69, 9.17) is 0 Å². The molecule has 4 amide bonds. The van der Waals surface area contributed by atoms with Crippen LogP contribution in [0.4, 0.5) is 21.0 Å². The van der Waals surface area contributed by atoms with Gasteiger partial charge in [-0.2, -0.15) is 10.2 Å². The number of nitrogens with one attached hydrogen (secondary N) is 4. The highest BCUT2D eigenvalue weighted by atomic mass is 16.3. The van der Waals surface area contributed by atoms with Crippen molar-refractivity contribution in [2.75, 3.05) is 23.7 Å². The number of rotatable bonds is 9. The van der Waals surface area contributed by atoms with Gasteiger partial charge in [-0.1, -0.05) is 55.4 Å². The second-order valence-corrected chi connectivity index (χ2v) is 11.7. The lowest BCUT2D eigenvalue weighted by Crippen LogP contribution is -2.29. The highest BCUT2D eigenvalue weighted by Gasteiger charge is 2.21. The second-order valence-electron chi connectivity index (χ2n) is 11.7. The predicted molar refractivity (Wildman–Crippen MR) is 163 cm³/mol. The smallest absolute Gasteiger partial charge is 0.319 e. The Labute approximate surface area is 237 Å². The van der Waals surface area contributed by atoms with Crippen LogP contribution < -0.4 is 21.3 Å². The molecule has 2 rings (SSSR count). The molecule has 40 heavy (non-hydrogen) atoms. The number of anilines is 2.